The molecular weight excluding hydrogens is 350 g/mol. The van der Waals surface area contributed by atoms with Crippen molar-refractivity contribution in [3.63, 3.8) is 0 Å². The van der Waals surface area contributed by atoms with Crippen LogP contribution in [0.5, 0.6) is 0 Å². The Morgan fingerprint density at radius 2 is 0.800 bits per heavy atom. The van der Waals surface area contributed by atoms with Crippen molar-refractivity contribution in [1.29, 1.82) is 0 Å². The lowest BCUT2D eigenvalue weighted by molar-refractivity contribution is 2.40. The minimum Gasteiger partial charge on any atom is -0.0162 e. The monoisotopic (exact) mass is 350 g/mol. The van der Waals surface area contributed by atoms with E-state index in [0.717, 1.165) is 0 Å². The van der Waals surface area contributed by atoms with Gasteiger partial charge in [0.25, 0.3) is 0 Å². The van der Waals surface area contributed by atoms with Gasteiger partial charge < -0.3 is 0 Å². The van der Waals surface area contributed by atoms with Gasteiger partial charge in [0.1, 0.15) is 0 Å². The van der Waals surface area contributed by atoms with Crippen LogP contribution in [0.1, 0.15) is 0 Å². The van der Waals surface area contributed by atoms with Crippen LogP contribution in [-0.2, 0) is 0 Å². The molecule has 10 heavy (non-hydrogen) atoms. The number of halogens is 2. The summed E-state index contributed by atoms with van der Waals surface area (Å²) in [4.78, 5) is 0. The summed E-state index contributed by atoms with van der Waals surface area (Å²) in [6, 6.07) is 0. The van der Waals surface area contributed by atoms with Crippen LogP contribution in [0.2, 0.25) is 0 Å². The van der Waals surface area contributed by atoms with Gasteiger partial charge in [0.2, 0.25) is 0 Å². The maximum atomic E-state index is 2.60. The van der Waals surface area contributed by atoms with Crippen LogP contribution in [0.3, 0.4) is 0 Å². The van der Waals surface area contributed by atoms with Crippen molar-refractivity contribution < 1.29 is 0 Å². The summed E-state index contributed by atoms with van der Waals surface area (Å²) in [5, 5.41) is 0. The van der Waals surface area contributed by atoms with Gasteiger partial charge >= 0.3 is 0 Å². The molecular formula is C8I2. The van der Waals surface area contributed by atoms with E-state index in [1.807, 2.05) is 45.2 Å². The molecule has 0 aliphatic carbocycles. The maximum absolute atomic E-state index is 2.60. The molecule has 0 unspecified atom stereocenters. The molecule has 0 fully saturated rings. The summed E-state index contributed by atoms with van der Waals surface area (Å²) in [7, 11) is 0. The fourth-order valence-electron chi connectivity index (χ4n) is 0.172. The Bertz CT molecular complexity index is 286. The van der Waals surface area contributed by atoms with Gasteiger partial charge in [-0.2, -0.15) is 0 Å². The van der Waals surface area contributed by atoms with Gasteiger partial charge in [-0.15, -0.1) is 0 Å². The zero-order valence-electron chi connectivity index (χ0n) is 4.76. The van der Waals surface area contributed by atoms with E-state index in [2.05, 4.69) is 43.4 Å². The Morgan fingerprint density at radius 1 is 0.500 bits per heavy atom. The molecule has 0 spiro atoms. The molecule has 0 nitrogen and oxygen atoms in total. The predicted molar refractivity (Wildman–Crippen MR) is 59.1 cm³/mol. The fraction of sp³-hybridized carbons (Fsp3) is 0. The van der Waals surface area contributed by atoms with Crippen LogP contribution in [0.15, 0.2) is 0 Å². The van der Waals surface area contributed by atoms with E-state index in [-0.39, 0.29) is 0 Å². The molecule has 0 bridgehead atoms. The molecule has 0 amide bonds. The van der Waals surface area contributed by atoms with Crippen molar-refractivity contribution >= 4 is 45.2 Å². The van der Waals surface area contributed by atoms with E-state index in [4.69, 9.17) is 0 Å². The first-order valence-electron chi connectivity index (χ1n) is 2.13. The van der Waals surface area contributed by atoms with Gasteiger partial charge in [-0.3, -0.25) is 0 Å². The first kappa shape index (κ1) is 9.70. The van der Waals surface area contributed by atoms with Crippen LogP contribution in [-0.4, -0.2) is 0 Å². The quantitative estimate of drug-likeness (QED) is 0.462. The fourth-order valence-corrected chi connectivity index (χ4v) is 0.442. The normalized spacial score (nSPS) is 3.80. The summed E-state index contributed by atoms with van der Waals surface area (Å²) in [6.45, 7) is 0. The van der Waals surface area contributed by atoms with Crippen molar-refractivity contribution in [2.45, 2.75) is 0 Å². The van der Waals surface area contributed by atoms with Crippen LogP contribution in [0.4, 0.5) is 0 Å². The average Bonchev–Trinajstić information content (AvgIpc) is 1.97. The van der Waals surface area contributed by atoms with Crippen LogP contribution < -0.4 is 0 Å². The topological polar surface area (TPSA) is 0 Å². The van der Waals surface area contributed by atoms with Gasteiger partial charge in [0, 0.05) is 45.2 Å². The molecule has 46 valence electrons. The Balaban J connectivity index is 3.94. The van der Waals surface area contributed by atoms with Crippen LogP contribution in [0.25, 0.3) is 0 Å². The van der Waals surface area contributed by atoms with Gasteiger partial charge in [0.05, 0.1) is 0 Å². The zero-order valence-corrected chi connectivity index (χ0v) is 9.07. The molecule has 0 heterocycles. The highest BCUT2D eigenvalue weighted by atomic mass is 127. The molecule has 0 aromatic carbocycles. The standard InChI is InChI=1S/C8I2/c9-7-5-3-1-2-4-6-8-10. The lowest BCUT2D eigenvalue weighted by Gasteiger charge is -1.52. The molecule has 0 aromatic heterocycles. The van der Waals surface area contributed by atoms with Gasteiger partial charge in [-0.1, -0.05) is 0 Å². The van der Waals surface area contributed by atoms with E-state index in [1.165, 1.54) is 0 Å². The molecule has 0 N–H and O–H groups in total. The molecule has 0 atom stereocenters. The van der Waals surface area contributed by atoms with Crippen LogP contribution >= 0.6 is 45.2 Å². The second-order valence-corrected chi connectivity index (χ2v) is 2.02. The van der Waals surface area contributed by atoms with Crippen molar-refractivity contribution in [2.75, 3.05) is 0 Å². The third kappa shape index (κ3) is 7.70. The summed E-state index contributed by atoms with van der Waals surface area (Å²) in [6.07, 6.45) is 0. The lowest BCUT2D eigenvalue weighted by atomic mass is 10.5. The first-order valence-corrected chi connectivity index (χ1v) is 4.29. The molecule has 0 aromatic rings. The number of hydrogen-bond acceptors (Lipinski definition) is 0. The Kier molecular flexibility index (Phi) is 8.44. The molecule has 0 radical (unpaired) electrons. The Hall–Kier alpha value is -0.300. The van der Waals surface area contributed by atoms with Crippen molar-refractivity contribution in [3.05, 3.63) is 0 Å². The SMILES string of the molecule is IC#CC#CC#CC#CI. The minimum absolute atomic E-state index is 1.91. The first-order chi connectivity index (χ1) is 4.91. The third-order valence-electron chi connectivity index (χ3n) is 0.407. The maximum Gasteiger partial charge on any atom is 0.0192 e. The van der Waals surface area contributed by atoms with Gasteiger partial charge in [0.15, 0.2) is 0 Å². The Morgan fingerprint density at radius 3 is 1.10 bits per heavy atom. The second-order valence-electron chi connectivity index (χ2n) is 0.939. The molecule has 0 rings (SSSR count). The van der Waals surface area contributed by atoms with E-state index in [0.29, 0.717) is 0 Å². The number of rotatable bonds is 0. The van der Waals surface area contributed by atoms with E-state index >= 15 is 0 Å². The van der Waals surface area contributed by atoms with E-state index < -0.39 is 0 Å². The molecule has 0 aliphatic rings. The average molecular weight is 350 g/mol. The highest BCUT2D eigenvalue weighted by Gasteiger charge is 1.53. The summed E-state index contributed by atoms with van der Waals surface area (Å²) in [5.74, 6) is 15.2. The van der Waals surface area contributed by atoms with E-state index in [1.54, 1.807) is 0 Å². The highest BCUT2D eigenvalue weighted by Crippen LogP contribution is 1.68. The minimum atomic E-state index is 1.91. The highest BCUT2D eigenvalue weighted by molar-refractivity contribution is 14.1. The molecule has 2 heteroatoms. The molecule has 0 aliphatic heterocycles. The molecule has 0 saturated carbocycles. The third-order valence-corrected chi connectivity index (χ3v) is 0.946. The van der Waals surface area contributed by atoms with Crippen molar-refractivity contribution in [1.82, 2.24) is 0 Å². The predicted octanol–water partition coefficient (Wildman–Crippen LogP) is 1.79. The number of hydrogen-bond donors (Lipinski definition) is 0. The summed E-state index contributed by atoms with van der Waals surface area (Å²) < 4.78 is 5.20. The lowest BCUT2D eigenvalue weighted by Crippen LogP contribution is -1.50. The Labute approximate surface area is 87.8 Å². The molecule has 0 saturated heterocycles. The van der Waals surface area contributed by atoms with Crippen molar-refractivity contribution in [2.24, 2.45) is 0 Å². The summed E-state index contributed by atoms with van der Waals surface area (Å²) in [5.41, 5.74) is 0. The van der Waals surface area contributed by atoms with E-state index in [9.17, 15) is 0 Å². The summed E-state index contributed by atoms with van der Waals surface area (Å²) >= 11 is 3.83. The largest absolute Gasteiger partial charge is 0.0192 e. The zero-order chi connectivity index (χ0) is 7.66. The van der Waals surface area contributed by atoms with Crippen molar-refractivity contribution in [3.8, 4) is 43.4 Å². The smallest absolute Gasteiger partial charge is 0.0162 e. The van der Waals surface area contributed by atoms with Gasteiger partial charge in [-0.25, -0.2) is 0 Å². The van der Waals surface area contributed by atoms with Gasteiger partial charge in [-0.05, 0) is 43.4 Å². The second kappa shape index (κ2) is 8.70. The van der Waals surface area contributed by atoms with Crippen LogP contribution in [0, 0.1) is 43.4 Å².